The van der Waals surface area contributed by atoms with E-state index in [1.807, 2.05) is 0 Å². The van der Waals surface area contributed by atoms with Crippen LogP contribution in [0.5, 0.6) is 0 Å². The van der Waals surface area contributed by atoms with Crippen LogP contribution in [-0.4, -0.2) is 39.3 Å². The van der Waals surface area contributed by atoms with Crippen molar-refractivity contribution in [3.05, 3.63) is 35.6 Å². The molecule has 2 unspecified atom stereocenters. The van der Waals surface area contributed by atoms with Crippen LogP contribution in [0.15, 0.2) is 24.3 Å². The molecule has 1 heterocycles. The van der Waals surface area contributed by atoms with Crippen molar-refractivity contribution in [2.24, 2.45) is 0 Å². The highest BCUT2D eigenvalue weighted by atomic mass is 79.9. The molecule has 2 rings (SSSR count). The number of hydrogen-bond acceptors (Lipinski definition) is 5. The van der Waals surface area contributed by atoms with Crippen LogP contribution in [0.3, 0.4) is 0 Å². The van der Waals surface area contributed by atoms with E-state index < -0.39 is 22.0 Å². The Morgan fingerprint density at radius 1 is 1.45 bits per heavy atom. The standard InChI is InChI=1S/C12H14BrFO5S/c1-20(15,16)18-7-11-6-17-12(8-13,19-11)9-2-4-10(14)5-3-9/h2-5,11H,6-8H2,1H3. The monoisotopic (exact) mass is 368 g/mol. The van der Waals surface area contributed by atoms with Gasteiger partial charge >= 0.3 is 0 Å². The van der Waals surface area contributed by atoms with E-state index in [4.69, 9.17) is 13.7 Å². The van der Waals surface area contributed by atoms with E-state index in [2.05, 4.69) is 15.9 Å². The van der Waals surface area contributed by atoms with Crippen molar-refractivity contribution in [1.82, 2.24) is 0 Å². The van der Waals surface area contributed by atoms with Crippen LogP contribution in [0.1, 0.15) is 5.56 Å². The lowest BCUT2D eigenvalue weighted by atomic mass is 10.1. The lowest BCUT2D eigenvalue weighted by molar-refractivity contribution is -0.159. The molecule has 112 valence electrons. The van der Waals surface area contributed by atoms with E-state index >= 15 is 0 Å². The van der Waals surface area contributed by atoms with Crippen molar-refractivity contribution in [2.75, 3.05) is 24.8 Å². The van der Waals surface area contributed by atoms with Crippen molar-refractivity contribution in [3.63, 3.8) is 0 Å². The molecule has 1 aromatic carbocycles. The van der Waals surface area contributed by atoms with E-state index in [1.54, 1.807) is 12.1 Å². The van der Waals surface area contributed by atoms with Crippen molar-refractivity contribution in [3.8, 4) is 0 Å². The first-order valence-electron chi connectivity index (χ1n) is 5.83. The molecule has 1 aliphatic heterocycles. The van der Waals surface area contributed by atoms with Gasteiger partial charge in [0.05, 0.1) is 24.8 Å². The SMILES string of the molecule is CS(=O)(=O)OCC1COC(CBr)(c2ccc(F)cc2)O1. The van der Waals surface area contributed by atoms with Crippen LogP contribution < -0.4 is 0 Å². The van der Waals surface area contributed by atoms with Crippen molar-refractivity contribution in [2.45, 2.75) is 11.9 Å². The van der Waals surface area contributed by atoms with Gasteiger partial charge in [0.2, 0.25) is 5.79 Å². The molecular weight excluding hydrogens is 355 g/mol. The van der Waals surface area contributed by atoms with Crippen LogP contribution in [0, 0.1) is 5.82 Å². The average molecular weight is 369 g/mol. The van der Waals surface area contributed by atoms with E-state index in [0.717, 1.165) is 6.26 Å². The third kappa shape index (κ3) is 3.76. The highest BCUT2D eigenvalue weighted by Crippen LogP contribution is 2.36. The summed E-state index contributed by atoms with van der Waals surface area (Å²) in [5.74, 6) is -1.41. The molecule has 0 N–H and O–H groups in total. The molecule has 1 aromatic rings. The minimum atomic E-state index is -3.52. The maximum absolute atomic E-state index is 13.0. The average Bonchev–Trinajstić information content (AvgIpc) is 2.81. The number of ether oxygens (including phenoxy) is 2. The number of halogens is 2. The van der Waals surface area contributed by atoms with Gasteiger partial charge in [0.1, 0.15) is 11.9 Å². The van der Waals surface area contributed by atoms with Crippen LogP contribution in [0.25, 0.3) is 0 Å². The summed E-state index contributed by atoms with van der Waals surface area (Å²) >= 11 is 3.30. The normalized spacial score (nSPS) is 26.9. The maximum atomic E-state index is 13.0. The molecule has 0 radical (unpaired) electrons. The molecule has 0 bridgehead atoms. The van der Waals surface area contributed by atoms with Gasteiger partial charge in [0.25, 0.3) is 10.1 Å². The largest absolute Gasteiger partial charge is 0.342 e. The zero-order valence-corrected chi connectivity index (χ0v) is 13.1. The first kappa shape index (κ1) is 15.8. The third-order valence-electron chi connectivity index (χ3n) is 2.79. The molecule has 20 heavy (non-hydrogen) atoms. The van der Waals surface area contributed by atoms with Crippen molar-refractivity contribution in [1.29, 1.82) is 0 Å². The molecule has 0 aliphatic carbocycles. The summed E-state index contributed by atoms with van der Waals surface area (Å²) in [5, 5.41) is 0.334. The van der Waals surface area contributed by atoms with Gasteiger partial charge < -0.3 is 9.47 Å². The second-order valence-corrected chi connectivity index (χ2v) is 6.64. The van der Waals surface area contributed by atoms with E-state index in [0.29, 0.717) is 10.9 Å². The van der Waals surface area contributed by atoms with Gasteiger partial charge in [-0.25, -0.2) is 4.39 Å². The van der Waals surface area contributed by atoms with Crippen LogP contribution in [0.2, 0.25) is 0 Å². The van der Waals surface area contributed by atoms with Gasteiger partial charge in [-0.15, -0.1) is 0 Å². The molecule has 1 saturated heterocycles. The molecule has 1 fully saturated rings. The molecule has 0 saturated carbocycles. The van der Waals surface area contributed by atoms with E-state index in [-0.39, 0.29) is 19.0 Å². The maximum Gasteiger partial charge on any atom is 0.264 e. The lowest BCUT2D eigenvalue weighted by Crippen LogP contribution is -2.31. The van der Waals surface area contributed by atoms with Crippen molar-refractivity contribution < 1.29 is 26.5 Å². The Bertz CT molecular complexity index is 562. The molecule has 2 atom stereocenters. The minimum absolute atomic E-state index is 0.116. The zero-order valence-electron chi connectivity index (χ0n) is 10.7. The molecule has 0 spiro atoms. The number of benzene rings is 1. The van der Waals surface area contributed by atoms with Gasteiger partial charge in [0, 0.05) is 5.56 Å². The Kier molecular flexibility index (Phi) is 4.80. The summed E-state index contributed by atoms with van der Waals surface area (Å²) in [6.07, 6.45) is 0.466. The van der Waals surface area contributed by atoms with Gasteiger partial charge in [0.15, 0.2) is 0 Å². The zero-order chi connectivity index (χ0) is 14.8. The molecule has 5 nitrogen and oxygen atoms in total. The third-order valence-corrected chi connectivity index (χ3v) is 4.09. The van der Waals surface area contributed by atoms with Gasteiger partial charge in [-0.1, -0.05) is 28.1 Å². The Morgan fingerprint density at radius 2 is 2.10 bits per heavy atom. The molecule has 8 heteroatoms. The number of alkyl halides is 1. The minimum Gasteiger partial charge on any atom is -0.342 e. The fourth-order valence-electron chi connectivity index (χ4n) is 1.85. The summed E-state index contributed by atoms with van der Waals surface area (Å²) in [6.45, 7) is 0.0767. The topological polar surface area (TPSA) is 61.8 Å². The smallest absolute Gasteiger partial charge is 0.264 e. The fraction of sp³-hybridized carbons (Fsp3) is 0.500. The molecular formula is C12H14BrFO5S. The van der Waals surface area contributed by atoms with Crippen LogP contribution >= 0.6 is 15.9 Å². The Morgan fingerprint density at radius 3 is 2.65 bits per heavy atom. The summed E-state index contributed by atoms with van der Waals surface area (Å²) in [5.41, 5.74) is 0.651. The Labute approximate surface area is 125 Å². The molecule has 1 aliphatic rings. The second kappa shape index (κ2) is 6.07. The first-order valence-corrected chi connectivity index (χ1v) is 8.77. The van der Waals surface area contributed by atoms with Crippen molar-refractivity contribution >= 4 is 26.0 Å². The van der Waals surface area contributed by atoms with Crippen LogP contribution in [0.4, 0.5) is 4.39 Å². The quantitative estimate of drug-likeness (QED) is 0.585. The summed E-state index contributed by atoms with van der Waals surface area (Å²) in [4.78, 5) is 0. The summed E-state index contributed by atoms with van der Waals surface area (Å²) in [6, 6.07) is 5.76. The Balaban J connectivity index is 2.09. The van der Waals surface area contributed by atoms with E-state index in [9.17, 15) is 12.8 Å². The van der Waals surface area contributed by atoms with Crippen LogP contribution in [-0.2, 0) is 29.6 Å². The first-order chi connectivity index (χ1) is 9.35. The summed E-state index contributed by atoms with van der Waals surface area (Å²) in [7, 11) is -3.52. The number of hydrogen-bond donors (Lipinski definition) is 0. The van der Waals surface area contributed by atoms with Gasteiger partial charge in [-0.3, -0.25) is 4.18 Å². The fourth-order valence-corrected chi connectivity index (χ4v) is 2.87. The highest BCUT2D eigenvalue weighted by Gasteiger charge is 2.42. The second-order valence-electron chi connectivity index (χ2n) is 4.43. The predicted octanol–water partition coefficient (Wildman–Crippen LogP) is 1.77. The molecule has 0 aromatic heterocycles. The Hall–Kier alpha value is -0.540. The number of rotatable bonds is 5. The van der Waals surface area contributed by atoms with Gasteiger partial charge in [-0.2, -0.15) is 8.42 Å². The highest BCUT2D eigenvalue weighted by molar-refractivity contribution is 9.09. The van der Waals surface area contributed by atoms with E-state index in [1.165, 1.54) is 12.1 Å². The van der Waals surface area contributed by atoms with Gasteiger partial charge in [-0.05, 0) is 12.1 Å². The predicted molar refractivity (Wildman–Crippen MR) is 73.5 cm³/mol. The molecule has 0 amide bonds. The lowest BCUT2D eigenvalue weighted by Gasteiger charge is -2.26. The summed E-state index contributed by atoms with van der Waals surface area (Å²) < 4.78 is 50.9.